The molecule has 3 aromatic rings. The summed E-state index contributed by atoms with van der Waals surface area (Å²) in [5.74, 6) is -0.501. The maximum absolute atomic E-state index is 12.4. The molecule has 0 saturated carbocycles. The van der Waals surface area contributed by atoms with Crippen molar-refractivity contribution in [3.05, 3.63) is 62.1 Å². The molecule has 2 aromatic carbocycles. The van der Waals surface area contributed by atoms with Crippen molar-refractivity contribution in [3.63, 3.8) is 0 Å². The van der Waals surface area contributed by atoms with Crippen LogP contribution < -0.4 is 10.2 Å². The average molecular weight is 517 g/mol. The smallest absolute Gasteiger partial charge is 0.282 e. The quantitative estimate of drug-likeness (QED) is 0.383. The number of carbonyl (C=O) groups excluding carboxylic acids is 1. The van der Waals surface area contributed by atoms with Crippen LogP contribution in [-0.4, -0.2) is 60.0 Å². The number of benzene rings is 2. The molecule has 8 nitrogen and oxygen atoms in total. The molecule has 32 heavy (non-hydrogen) atoms. The highest BCUT2D eigenvalue weighted by atomic mass is 35.5. The SMILES string of the molecule is Cl.O=C(NCCN1CCN(c2nc3c(Cl)cccc3s2)CC1)c1cc(Cl)ccc1[N+](=O)[O-]. The Kier molecular flexibility index (Phi) is 8.13. The van der Waals surface area contributed by atoms with Gasteiger partial charge < -0.3 is 10.2 Å². The molecule has 0 aliphatic carbocycles. The largest absolute Gasteiger partial charge is 0.351 e. The monoisotopic (exact) mass is 515 g/mol. The maximum atomic E-state index is 12.4. The van der Waals surface area contributed by atoms with Crippen LogP contribution in [0.5, 0.6) is 0 Å². The van der Waals surface area contributed by atoms with Gasteiger partial charge in [-0.25, -0.2) is 4.98 Å². The lowest BCUT2D eigenvalue weighted by molar-refractivity contribution is -0.385. The van der Waals surface area contributed by atoms with Crippen LogP contribution in [-0.2, 0) is 0 Å². The van der Waals surface area contributed by atoms with Crippen molar-refractivity contribution in [1.82, 2.24) is 15.2 Å². The molecule has 0 atom stereocenters. The number of para-hydroxylation sites is 1. The fourth-order valence-corrected chi connectivity index (χ4v) is 4.96. The Bertz CT molecular complexity index is 1130. The summed E-state index contributed by atoms with van der Waals surface area (Å²) in [5, 5.41) is 15.8. The zero-order valence-corrected chi connectivity index (χ0v) is 19.9. The van der Waals surface area contributed by atoms with Gasteiger partial charge in [0.05, 0.1) is 14.6 Å². The molecule has 1 fully saturated rings. The molecule has 1 amide bonds. The van der Waals surface area contributed by atoms with E-state index < -0.39 is 10.8 Å². The topological polar surface area (TPSA) is 91.6 Å². The normalized spacial score (nSPS) is 14.2. The highest BCUT2D eigenvalue weighted by Crippen LogP contribution is 2.33. The van der Waals surface area contributed by atoms with Crippen molar-refractivity contribution in [1.29, 1.82) is 0 Å². The minimum absolute atomic E-state index is 0. The number of halogens is 3. The van der Waals surface area contributed by atoms with Crippen molar-refractivity contribution < 1.29 is 9.72 Å². The Morgan fingerprint density at radius 3 is 2.62 bits per heavy atom. The second-order valence-corrected chi connectivity index (χ2v) is 8.94. The molecule has 1 N–H and O–H groups in total. The lowest BCUT2D eigenvalue weighted by Gasteiger charge is -2.34. The number of aromatic nitrogens is 1. The van der Waals surface area contributed by atoms with Crippen molar-refractivity contribution in [3.8, 4) is 0 Å². The van der Waals surface area contributed by atoms with E-state index in [2.05, 4.69) is 20.1 Å². The van der Waals surface area contributed by atoms with Crippen LogP contribution in [0.15, 0.2) is 36.4 Å². The Morgan fingerprint density at radius 2 is 1.94 bits per heavy atom. The number of rotatable bonds is 6. The van der Waals surface area contributed by atoms with Gasteiger partial charge in [-0.3, -0.25) is 19.8 Å². The number of piperazine rings is 1. The van der Waals surface area contributed by atoms with E-state index in [4.69, 9.17) is 23.2 Å². The molecule has 1 aliphatic heterocycles. The van der Waals surface area contributed by atoms with Crippen LogP contribution in [0.25, 0.3) is 10.2 Å². The van der Waals surface area contributed by atoms with E-state index in [0.717, 1.165) is 41.5 Å². The van der Waals surface area contributed by atoms with Gasteiger partial charge in [0.2, 0.25) is 0 Å². The van der Waals surface area contributed by atoms with Crippen LogP contribution in [0.3, 0.4) is 0 Å². The summed E-state index contributed by atoms with van der Waals surface area (Å²) < 4.78 is 1.07. The first kappa shape index (κ1) is 24.5. The molecule has 1 aromatic heterocycles. The summed E-state index contributed by atoms with van der Waals surface area (Å²) in [6, 6.07) is 9.75. The summed E-state index contributed by atoms with van der Waals surface area (Å²) in [4.78, 5) is 32.1. The first-order valence-corrected chi connectivity index (χ1v) is 11.2. The van der Waals surface area contributed by atoms with Crippen molar-refractivity contribution >= 4 is 73.9 Å². The summed E-state index contributed by atoms with van der Waals surface area (Å²) in [6.07, 6.45) is 0. The summed E-state index contributed by atoms with van der Waals surface area (Å²) in [6.45, 7) is 4.35. The van der Waals surface area contributed by atoms with E-state index in [1.807, 2.05) is 18.2 Å². The van der Waals surface area contributed by atoms with E-state index in [1.54, 1.807) is 11.3 Å². The molecular weight excluding hydrogens is 497 g/mol. The number of hydrogen-bond donors (Lipinski definition) is 1. The van der Waals surface area contributed by atoms with Crippen LogP contribution in [0.4, 0.5) is 10.8 Å². The van der Waals surface area contributed by atoms with Gasteiger partial charge in [0.15, 0.2) is 5.13 Å². The minimum atomic E-state index is -0.584. The average Bonchev–Trinajstić information content (AvgIpc) is 3.19. The summed E-state index contributed by atoms with van der Waals surface area (Å²) in [5.41, 5.74) is 0.549. The van der Waals surface area contributed by atoms with Gasteiger partial charge in [-0.15, -0.1) is 12.4 Å². The van der Waals surface area contributed by atoms with Gasteiger partial charge in [-0.2, -0.15) is 0 Å². The zero-order valence-electron chi connectivity index (χ0n) is 16.8. The fourth-order valence-electron chi connectivity index (χ4n) is 3.47. The first-order chi connectivity index (χ1) is 14.9. The van der Waals surface area contributed by atoms with Crippen molar-refractivity contribution in [2.75, 3.05) is 44.2 Å². The van der Waals surface area contributed by atoms with Crippen molar-refractivity contribution in [2.24, 2.45) is 0 Å². The van der Waals surface area contributed by atoms with E-state index in [9.17, 15) is 14.9 Å². The molecule has 170 valence electrons. The minimum Gasteiger partial charge on any atom is -0.351 e. The number of fused-ring (bicyclic) bond motifs is 1. The number of nitrogens with one attached hydrogen (secondary N) is 1. The van der Waals surface area contributed by atoms with E-state index in [-0.39, 0.29) is 28.7 Å². The molecule has 12 heteroatoms. The molecule has 0 radical (unpaired) electrons. The highest BCUT2D eigenvalue weighted by molar-refractivity contribution is 7.22. The second-order valence-electron chi connectivity index (χ2n) is 7.09. The standard InChI is InChI=1S/C20H19Cl2N5O3S.ClH/c21-13-4-5-16(27(29)30)14(12-13)19(28)23-6-7-25-8-10-26(11-9-25)20-24-18-15(22)2-1-3-17(18)31-20;/h1-5,12H,6-11H2,(H,23,28);1H. The van der Waals surface area contributed by atoms with E-state index in [0.29, 0.717) is 18.1 Å². The third kappa shape index (κ3) is 5.41. The summed E-state index contributed by atoms with van der Waals surface area (Å²) in [7, 11) is 0. The van der Waals surface area contributed by atoms with Gasteiger partial charge in [-0.1, -0.05) is 40.6 Å². The Balaban J connectivity index is 0.00000289. The lowest BCUT2D eigenvalue weighted by Crippen LogP contribution is -2.48. The number of thiazole rings is 1. The van der Waals surface area contributed by atoms with Crippen LogP contribution >= 0.6 is 46.9 Å². The summed E-state index contributed by atoms with van der Waals surface area (Å²) >= 11 is 13.8. The second kappa shape index (κ2) is 10.6. The van der Waals surface area contributed by atoms with Gasteiger partial charge >= 0.3 is 0 Å². The molecule has 2 heterocycles. The molecule has 0 unspecified atom stereocenters. The fraction of sp³-hybridized carbons (Fsp3) is 0.300. The number of anilines is 1. The van der Waals surface area contributed by atoms with Gasteiger partial charge in [0.1, 0.15) is 11.1 Å². The predicted molar refractivity (Wildman–Crippen MR) is 131 cm³/mol. The molecule has 1 saturated heterocycles. The third-order valence-electron chi connectivity index (χ3n) is 5.11. The van der Waals surface area contributed by atoms with Crippen LogP contribution in [0.1, 0.15) is 10.4 Å². The Hall–Kier alpha value is -2.17. The Labute approximate surface area is 204 Å². The van der Waals surface area contributed by atoms with E-state index >= 15 is 0 Å². The number of carbonyl (C=O) groups is 1. The number of nitro groups is 1. The molecule has 4 rings (SSSR count). The lowest BCUT2D eigenvalue weighted by atomic mass is 10.1. The van der Waals surface area contributed by atoms with Gasteiger partial charge in [0.25, 0.3) is 11.6 Å². The number of nitrogens with zero attached hydrogens (tertiary/aromatic N) is 4. The van der Waals surface area contributed by atoms with Gasteiger partial charge in [0, 0.05) is 50.4 Å². The number of hydrogen-bond acceptors (Lipinski definition) is 7. The van der Waals surface area contributed by atoms with Crippen molar-refractivity contribution in [2.45, 2.75) is 0 Å². The number of nitro benzene ring substituents is 1. The molecule has 1 aliphatic rings. The van der Waals surface area contributed by atoms with E-state index in [1.165, 1.54) is 18.2 Å². The molecule has 0 spiro atoms. The third-order valence-corrected chi connectivity index (χ3v) is 6.74. The maximum Gasteiger partial charge on any atom is 0.282 e. The predicted octanol–water partition coefficient (Wildman–Crippen LogP) is 4.49. The molecule has 0 bridgehead atoms. The van der Waals surface area contributed by atoms with Gasteiger partial charge in [-0.05, 0) is 24.3 Å². The number of amides is 1. The molecular formula is C20H20Cl3N5O3S. The Morgan fingerprint density at radius 1 is 1.19 bits per heavy atom. The zero-order chi connectivity index (χ0) is 22.0. The van der Waals surface area contributed by atoms with Crippen LogP contribution in [0, 0.1) is 10.1 Å². The first-order valence-electron chi connectivity index (χ1n) is 9.67. The van der Waals surface area contributed by atoms with Crippen LogP contribution in [0.2, 0.25) is 10.0 Å². The highest BCUT2D eigenvalue weighted by Gasteiger charge is 2.22.